The molecule has 0 saturated carbocycles. The van der Waals surface area contributed by atoms with Gasteiger partial charge >= 0.3 is 0 Å². The molecule has 1 aromatic carbocycles. The summed E-state index contributed by atoms with van der Waals surface area (Å²) in [6.07, 6.45) is 0. The molecule has 0 aliphatic carbocycles. The zero-order valence-corrected chi connectivity index (χ0v) is 7.87. The summed E-state index contributed by atoms with van der Waals surface area (Å²) in [7, 11) is 0. The summed E-state index contributed by atoms with van der Waals surface area (Å²) in [5.74, 6) is 0.330. The maximum absolute atomic E-state index is 11.8. The van der Waals surface area contributed by atoms with Gasteiger partial charge in [-0.05, 0) is 19.1 Å². The minimum Gasteiger partial charge on any atom is -0.381 e. The predicted octanol–water partition coefficient (Wildman–Crippen LogP) is 2.32. The molecule has 1 heterocycles. The molecule has 1 aromatic rings. The minimum absolute atomic E-state index is 0.0786. The van der Waals surface area contributed by atoms with E-state index in [4.69, 9.17) is 0 Å². The van der Waals surface area contributed by atoms with Crippen molar-refractivity contribution < 1.29 is 4.79 Å². The first-order valence-electron chi connectivity index (χ1n) is 4.60. The van der Waals surface area contributed by atoms with Crippen LogP contribution in [-0.2, 0) is 0 Å². The van der Waals surface area contributed by atoms with Crippen molar-refractivity contribution in [3.05, 3.63) is 29.8 Å². The highest BCUT2D eigenvalue weighted by Gasteiger charge is 2.28. The second kappa shape index (κ2) is 2.87. The average molecular weight is 175 g/mol. The summed E-state index contributed by atoms with van der Waals surface area (Å²) in [5, 5.41) is 3.32. The summed E-state index contributed by atoms with van der Waals surface area (Å²) in [4.78, 5) is 11.8. The minimum atomic E-state index is 0.0786. The Labute approximate surface area is 78.0 Å². The number of ketones is 1. The van der Waals surface area contributed by atoms with E-state index in [2.05, 4.69) is 5.32 Å². The van der Waals surface area contributed by atoms with Crippen LogP contribution < -0.4 is 5.32 Å². The number of anilines is 1. The van der Waals surface area contributed by atoms with E-state index in [1.165, 1.54) is 0 Å². The first-order chi connectivity index (χ1) is 6.20. The SMILES string of the molecule is CC1Nc2ccccc2C(=O)C1C. The van der Waals surface area contributed by atoms with Crippen LogP contribution in [0.5, 0.6) is 0 Å². The number of carbonyl (C=O) groups excluding carboxylic acids is 1. The number of Topliss-reactive ketones (excluding diaryl/α,β-unsaturated/α-hetero) is 1. The first kappa shape index (κ1) is 8.30. The maximum Gasteiger partial charge on any atom is 0.169 e. The Morgan fingerprint density at radius 1 is 1.23 bits per heavy atom. The van der Waals surface area contributed by atoms with Crippen molar-refractivity contribution in [1.29, 1.82) is 0 Å². The fraction of sp³-hybridized carbons (Fsp3) is 0.364. The number of carbonyl (C=O) groups is 1. The van der Waals surface area contributed by atoms with Crippen molar-refractivity contribution in [2.45, 2.75) is 19.9 Å². The predicted molar refractivity (Wildman–Crippen MR) is 53.0 cm³/mol. The van der Waals surface area contributed by atoms with Crippen molar-refractivity contribution in [3.63, 3.8) is 0 Å². The Hall–Kier alpha value is -1.31. The second-order valence-electron chi connectivity index (χ2n) is 3.63. The van der Waals surface area contributed by atoms with E-state index in [1.807, 2.05) is 38.1 Å². The zero-order valence-electron chi connectivity index (χ0n) is 7.87. The lowest BCUT2D eigenvalue weighted by atomic mass is 9.88. The summed E-state index contributed by atoms with van der Waals surface area (Å²) in [5.41, 5.74) is 1.80. The zero-order chi connectivity index (χ0) is 9.42. The third-order valence-electron chi connectivity index (χ3n) is 2.74. The molecule has 0 radical (unpaired) electrons. The molecule has 2 unspecified atom stereocenters. The smallest absolute Gasteiger partial charge is 0.169 e. The molecule has 2 rings (SSSR count). The summed E-state index contributed by atoms with van der Waals surface area (Å²) >= 11 is 0. The standard InChI is InChI=1S/C11H13NO/c1-7-8(2)12-10-6-4-3-5-9(10)11(7)13/h3-8,12H,1-2H3. The highest BCUT2D eigenvalue weighted by molar-refractivity contribution is 6.04. The molecule has 1 N–H and O–H groups in total. The number of rotatable bonds is 0. The molecule has 2 nitrogen and oxygen atoms in total. The Morgan fingerprint density at radius 3 is 2.69 bits per heavy atom. The van der Waals surface area contributed by atoms with E-state index < -0.39 is 0 Å². The van der Waals surface area contributed by atoms with Crippen LogP contribution in [0.1, 0.15) is 24.2 Å². The van der Waals surface area contributed by atoms with Crippen LogP contribution in [-0.4, -0.2) is 11.8 Å². The van der Waals surface area contributed by atoms with E-state index in [9.17, 15) is 4.79 Å². The highest BCUT2D eigenvalue weighted by Crippen LogP contribution is 2.27. The van der Waals surface area contributed by atoms with E-state index in [-0.39, 0.29) is 17.7 Å². The lowest BCUT2D eigenvalue weighted by Gasteiger charge is -2.28. The van der Waals surface area contributed by atoms with Crippen LogP contribution in [0.4, 0.5) is 5.69 Å². The Kier molecular flexibility index (Phi) is 1.83. The summed E-state index contributed by atoms with van der Waals surface area (Å²) in [6.45, 7) is 4.01. The molecule has 0 saturated heterocycles. The number of para-hydroxylation sites is 1. The topological polar surface area (TPSA) is 29.1 Å². The van der Waals surface area contributed by atoms with Gasteiger partial charge in [-0.3, -0.25) is 4.79 Å². The van der Waals surface area contributed by atoms with Gasteiger partial charge in [-0.2, -0.15) is 0 Å². The number of benzene rings is 1. The van der Waals surface area contributed by atoms with Gasteiger partial charge < -0.3 is 5.32 Å². The molecule has 0 spiro atoms. The van der Waals surface area contributed by atoms with Crippen LogP contribution >= 0.6 is 0 Å². The van der Waals surface area contributed by atoms with Crippen molar-refractivity contribution in [2.24, 2.45) is 5.92 Å². The van der Waals surface area contributed by atoms with Crippen molar-refractivity contribution in [2.75, 3.05) is 5.32 Å². The van der Waals surface area contributed by atoms with E-state index in [0.717, 1.165) is 11.3 Å². The van der Waals surface area contributed by atoms with E-state index in [0.29, 0.717) is 0 Å². The maximum atomic E-state index is 11.8. The molecular formula is C11H13NO. The van der Waals surface area contributed by atoms with E-state index >= 15 is 0 Å². The molecule has 1 aliphatic rings. The molecule has 13 heavy (non-hydrogen) atoms. The molecule has 68 valence electrons. The van der Waals surface area contributed by atoms with Gasteiger partial charge in [0, 0.05) is 23.2 Å². The van der Waals surface area contributed by atoms with Gasteiger partial charge in [0.2, 0.25) is 0 Å². The quantitative estimate of drug-likeness (QED) is 0.655. The number of hydrogen-bond acceptors (Lipinski definition) is 2. The van der Waals surface area contributed by atoms with Gasteiger partial charge in [0.15, 0.2) is 5.78 Å². The fourth-order valence-electron chi connectivity index (χ4n) is 1.67. The Balaban J connectivity index is 2.49. The van der Waals surface area contributed by atoms with E-state index in [1.54, 1.807) is 0 Å². The average Bonchev–Trinajstić information content (AvgIpc) is 2.15. The molecule has 0 fully saturated rings. The first-order valence-corrected chi connectivity index (χ1v) is 4.60. The molecule has 0 bridgehead atoms. The number of fused-ring (bicyclic) bond motifs is 1. The molecule has 0 aromatic heterocycles. The lowest BCUT2D eigenvalue weighted by Crippen LogP contribution is -2.35. The van der Waals surface area contributed by atoms with Crippen LogP contribution in [0.3, 0.4) is 0 Å². The van der Waals surface area contributed by atoms with Crippen molar-refractivity contribution in [3.8, 4) is 0 Å². The van der Waals surface area contributed by atoms with Crippen LogP contribution in [0, 0.1) is 5.92 Å². The Morgan fingerprint density at radius 2 is 1.92 bits per heavy atom. The van der Waals surface area contributed by atoms with Gasteiger partial charge in [-0.25, -0.2) is 0 Å². The second-order valence-corrected chi connectivity index (χ2v) is 3.63. The van der Waals surface area contributed by atoms with Crippen LogP contribution in [0.15, 0.2) is 24.3 Å². The van der Waals surface area contributed by atoms with Gasteiger partial charge in [0.1, 0.15) is 0 Å². The molecule has 1 aliphatic heterocycles. The number of hydrogen-bond donors (Lipinski definition) is 1. The third-order valence-corrected chi connectivity index (χ3v) is 2.74. The molecule has 0 amide bonds. The van der Waals surface area contributed by atoms with Crippen molar-refractivity contribution >= 4 is 11.5 Å². The van der Waals surface area contributed by atoms with Crippen molar-refractivity contribution in [1.82, 2.24) is 0 Å². The van der Waals surface area contributed by atoms with Crippen LogP contribution in [0.2, 0.25) is 0 Å². The summed E-state index contributed by atoms with van der Waals surface area (Å²) in [6, 6.07) is 7.92. The van der Waals surface area contributed by atoms with Gasteiger partial charge in [0.05, 0.1) is 0 Å². The normalized spacial score (nSPS) is 26.5. The largest absolute Gasteiger partial charge is 0.381 e. The lowest BCUT2D eigenvalue weighted by molar-refractivity contribution is 0.0915. The molecular weight excluding hydrogens is 162 g/mol. The highest BCUT2D eigenvalue weighted by atomic mass is 16.1. The van der Waals surface area contributed by atoms with Gasteiger partial charge in [-0.15, -0.1) is 0 Å². The molecule has 2 atom stereocenters. The molecule has 2 heteroatoms. The van der Waals surface area contributed by atoms with Gasteiger partial charge in [0.25, 0.3) is 0 Å². The summed E-state index contributed by atoms with van der Waals surface area (Å²) < 4.78 is 0. The third kappa shape index (κ3) is 1.22. The number of nitrogens with one attached hydrogen (secondary N) is 1. The Bertz CT molecular complexity index is 346. The van der Waals surface area contributed by atoms with Gasteiger partial charge in [-0.1, -0.05) is 19.1 Å². The monoisotopic (exact) mass is 175 g/mol. The fourth-order valence-corrected chi connectivity index (χ4v) is 1.67. The van der Waals surface area contributed by atoms with Crippen LogP contribution in [0.25, 0.3) is 0 Å².